The Hall–Kier alpha value is -3.86. The number of hydrogen-bond donors (Lipinski definition) is 2. The second kappa shape index (κ2) is 13.3. The van der Waals surface area contributed by atoms with E-state index in [1.807, 2.05) is 13.0 Å². The van der Waals surface area contributed by atoms with Crippen molar-refractivity contribution in [1.82, 2.24) is 15.5 Å². The van der Waals surface area contributed by atoms with Gasteiger partial charge < -0.3 is 34.5 Å². The van der Waals surface area contributed by atoms with E-state index < -0.39 is 23.9 Å². The first-order valence-electron chi connectivity index (χ1n) is 13.0. The van der Waals surface area contributed by atoms with E-state index in [4.69, 9.17) is 18.9 Å². The third kappa shape index (κ3) is 7.82. The number of fused-ring (bicyclic) bond motifs is 5. The van der Waals surface area contributed by atoms with Crippen LogP contribution in [0.3, 0.4) is 0 Å². The number of ether oxygens (including phenoxy) is 4. The van der Waals surface area contributed by atoms with Crippen molar-refractivity contribution in [3.8, 4) is 17.2 Å². The number of nitrogens with one attached hydrogen (secondary N) is 2. The summed E-state index contributed by atoms with van der Waals surface area (Å²) in [5.74, 6) is -0.194. The number of hydrogen-bond acceptors (Lipinski definition) is 7. The maximum Gasteiger partial charge on any atom is 0.258 e. The molecule has 2 aromatic carbocycles. The number of aryl methyl sites for hydroxylation is 1. The molecule has 1 fully saturated rings. The van der Waals surface area contributed by atoms with Crippen molar-refractivity contribution in [2.45, 2.75) is 44.9 Å². The topological polar surface area (TPSA) is 115 Å². The largest absolute Gasteiger partial charge is 0.493 e. The summed E-state index contributed by atoms with van der Waals surface area (Å²) >= 11 is 0. The molecule has 3 amide bonds. The summed E-state index contributed by atoms with van der Waals surface area (Å²) in [6, 6.07) is 8.97. The Bertz CT molecular complexity index is 1190. The molecule has 1 saturated heterocycles. The van der Waals surface area contributed by atoms with Crippen molar-refractivity contribution >= 4 is 17.7 Å². The van der Waals surface area contributed by atoms with Crippen LogP contribution in [0.25, 0.3) is 0 Å². The van der Waals surface area contributed by atoms with Crippen LogP contribution in [0.15, 0.2) is 36.4 Å². The Labute approximate surface area is 226 Å². The third-order valence-electron chi connectivity index (χ3n) is 6.61. The fourth-order valence-corrected chi connectivity index (χ4v) is 4.61. The predicted octanol–water partition coefficient (Wildman–Crippen LogP) is 1.98. The van der Waals surface area contributed by atoms with Crippen LogP contribution in [0.4, 0.5) is 4.39 Å². The van der Waals surface area contributed by atoms with Gasteiger partial charge in [0.2, 0.25) is 11.8 Å². The van der Waals surface area contributed by atoms with Crippen molar-refractivity contribution < 1.29 is 37.7 Å². The van der Waals surface area contributed by atoms with Gasteiger partial charge in [-0.2, -0.15) is 0 Å². The molecule has 4 rings (SSSR count). The molecule has 2 atom stereocenters. The van der Waals surface area contributed by atoms with E-state index in [9.17, 15) is 18.8 Å². The van der Waals surface area contributed by atoms with Crippen molar-refractivity contribution in [1.29, 1.82) is 0 Å². The molecule has 4 bridgehead atoms. The van der Waals surface area contributed by atoms with E-state index in [-0.39, 0.29) is 50.3 Å². The lowest BCUT2D eigenvalue weighted by molar-refractivity contribution is -0.139. The maximum atomic E-state index is 14.4. The van der Waals surface area contributed by atoms with Crippen LogP contribution in [-0.4, -0.2) is 74.8 Å². The molecule has 210 valence electrons. The third-order valence-corrected chi connectivity index (χ3v) is 6.61. The normalized spacial score (nSPS) is 20.2. The smallest absolute Gasteiger partial charge is 0.258 e. The summed E-state index contributed by atoms with van der Waals surface area (Å²) in [6.45, 7) is 2.58. The van der Waals surface area contributed by atoms with Crippen LogP contribution in [0, 0.1) is 5.82 Å². The molecule has 0 unspecified atom stereocenters. The van der Waals surface area contributed by atoms with Crippen molar-refractivity contribution in [3.05, 3.63) is 53.3 Å². The Morgan fingerprint density at radius 3 is 2.77 bits per heavy atom. The predicted molar refractivity (Wildman–Crippen MR) is 139 cm³/mol. The van der Waals surface area contributed by atoms with Gasteiger partial charge in [0.05, 0.1) is 13.2 Å². The average molecular weight is 544 g/mol. The Morgan fingerprint density at radius 1 is 1.13 bits per heavy atom. The van der Waals surface area contributed by atoms with Crippen LogP contribution in [-0.2, 0) is 32.1 Å². The second-order valence-electron chi connectivity index (χ2n) is 9.44. The van der Waals surface area contributed by atoms with Crippen LogP contribution in [0.1, 0.15) is 30.9 Å². The summed E-state index contributed by atoms with van der Waals surface area (Å²) < 4.78 is 37.0. The summed E-state index contributed by atoms with van der Waals surface area (Å²) in [4.78, 5) is 39.7. The molecule has 2 aromatic rings. The summed E-state index contributed by atoms with van der Waals surface area (Å²) in [5, 5.41) is 5.74. The van der Waals surface area contributed by atoms with Gasteiger partial charge in [-0.05, 0) is 48.7 Å². The highest BCUT2D eigenvalue weighted by molar-refractivity contribution is 5.79. The van der Waals surface area contributed by atoms with Gasteiger partial charge in [0.25, 0.3) is 5.91 Å². The monoisotopic (exact) mass is 543 g/mol. The first-order chi connectivity index (χ1) is 18.8. The number of piperidine rings is 1. The van der Waals surface area contributed by atoms with E-state index in [1.54, 1.807) is 23.1 Å². The average Bonchev–Trinajstić information content (AvgIpc) is 2.92. The summed E-state index contributed by atoms with van der Waals surface area (Å²) in [7, 11) is 1.50. The van der Waals surface area contributed by atoms with E-state index in [2.05, 4.69) is 10.6 Å². The van der Waals surface area contributed by atoms with E-state index >= 15 is 0 Å². The van der Waals surface area contributed by atoms with Gasteiger partial charge in [0.15, 0.2) is 18.1 Å². The number of likely N-dealkylation sites (tertiary alicyclic amines) is 1. The molecular weight excluding hydrogens is 509 g/mol. The van der Waals surface area contributed by atoms with Crippen molar-refractivity contribution in [2.75, 3.05) is 40.0 Å². The number of carbonyl (C=O) groups is 3. The molecule has 2 aliphatic heterocycles. The van der Waals surface area contributed by atoms with Crippen molar-refractivity contribution in [3.63, 3.8) is 0 Å². The molecule has 10 nitrogen and oxygen atoms in total. The SMILES string of the molecule is CCOCC(=O)N1CC[C@H]2Oc3cc(F)cc(c3)CNC(=O)CCc3ccc(OC)c(c3)OCC(=O)N[C@@H]2C1. The number of carbonyl (C=O) groups excluding carboxylic acids is 3. The first kappa shape index (κ1) is 28.2. The van der Waals surface area contributed by atoms with E-state index in [1.165, 1.54) is 19.2 Å². The Morgan fingerprint density at radius 2 is 1.97 bits per heavy atom. The van der Waals surface area contributed by atoms with Gasteiger partial charge in [-0.15, -0.1) is 0 Å². The standard InChI is InChI=1S/C28H34FN3O7/c1-3-37-17-28(35)32-9-8-23-22(15-32)31-27(34)16-38-25-12-18(4-6-24(25)36-2)5-7-26(33)30-14-19-10-20(29)13-21(11-19)39-23/h4,6,10-13,22-23H,3,5,7-9,14-17H2,1-2H3,(H,30,33)(H,31,34)/t22-,23-/m1/s1. The van der Waals surface area contributed by atoms with Gasteiger partial charge >= 0.3 is 0 Å². The van der Waals surface area contributed by atoms with Crippen LogP contribution in [0.5, 0.6) is 17.2 Å². The zero-order valence-electron chi connectivity index (χ0n) is 22.2. The van der Waals surface area contributed by atoms with E-state index in [0.717, 1.165) is 5.56 Å². The summed E-state index contributed by atoms with van der Waals surface area (Å²) in [6.07, 6.45) is 0.520. The lowest BCUT2D eigenvalue weighted by Gasteiger charge is -2.38. The maximum absolute atomic E-state index is 14.4. The number of methoxy groups -OCH3 is 1. The molecule has 0 radical (unpaired) electrons. The molecular formula is C28H34FN3O7. The zero-order valence-corrected chi connectivity index (χ0v) is 22.2. The van der Waals surface area contributed by atoms with Crippen LogP contribution >= 0.6 is 0 Å². The molecule has 0 aromatic heterocycles. The number of nitrogens with zero attached hydrogens (tertiary/aromatic N) is 1. The molecule has 0 saturated carbocycles. The highest BCUT2D eigenvalue weighted by atomic mass is 19.1. The minimum Gasteiger partial charge on any atom is -0.493 e. The molecule has 2 aliphatic rings. The zero-order chi connectivity index (χ0) is 27.8. The van der Waals surface area contributed by atoms with Gasteiger partial charge in [0.1, 0.15) is 24.3 Å². The molecule has 39 heavy (non-hydrogen) atoms. The number of rotatable bonds is 4. The van der Waals surface area contributed by atoms with Crippen molar-refractivity contribution in [2.24, 2.45) is 0 Å². The van der Waals surface area contributed by atoms with Gasteiger partial charge in [0, 0.05) is 45.1 Å². The lowest BCUT2D eigenvalue weighted by atomic mass is 10.0. The first-order valence-corrected chi connectivity index (χ1v) is 13.0. The highest BCUT2D eigenvalue weighted by Gasteiger charge is 2.34. The van der Waals surface area contributed by atoms with Gasteiger partial charge in [-0.1, -0.05) is 6.07 Å². The summed E-state index contributed by atoms with van der Waals surface area (Å²) in [5.41, 5.74) is 1.38. The second-order valence-corrected chi connectivity index (χ2v) is 9.44. The van der Waals surface area contributed by atoms with E-state index in [0.29, 0.717) is 43.1 Å². The van der Waals surface area contributed by atoms with Gasteiger partial charge in [-0.25, -0.2) is 4.39 Å². The Balaban J connectivity index is 1.59. The number of amides is 3. The van der Waals surface area contributed by atoms with Crippen LogP contribution in [0.2, 0.25) is 0 Å². The molecule has 0 aliphatic carbocycles. The quantitative estimate of drug-likeness (QED) is 0.606. The molecule has 0 spiro atoms. The Kier molecular flexibility index (Phi) is 9.59. The number of benzene rings is 2. The molecule has 2 heterocycles. The molecule has 11 heteroatoms. The fraction of sp³-hybridized carbons (Fsp3) is 0.464. The van der Waals surface area contributed by atoms with Gasteiger partial charge in [-0.3, -0.25) is 14.4 Å². The fourth-order valence-electron chi connectivity index (χ4n) is 4.61. The van der Waals surface area contributed by atoms with Crippen LogP contribution < -0.4 is 24.8 Å². The molecule has 2 N–H and O–H groups in total. The number of halogens is 1. The minimum absolute atomic E-state index is 0.0546. The highest BCUT2D eigenvalue weighted by Crippen LogP contribution is 2.29. The lowest BCUT2D eigenvalue weighted by Crippen LogP contribution is -2.59. The minimum atomic E-state index is -0.584.